The number of nitro groups is 1. The largest absolute Gasteiger partial charge is 0.458 e. The summed E-state index contributed by atoms with van der Waals surface area (Å²) in [5.41, 5.74) is -3.11. The Hall–Kier alpha value is -3.42. The molecule has 0 unspecified atom stereocenters. The number of hydrogen-bond acceptors (Lipinski definition) is 9. The minimum atomic E-state index is -4.85. The van der Waals surface area contributed by atoms with Gasteiger partial charge in [-0.15, -0.1) is 0 Å². The van der Waals surface area contributed by atoms with E-state index in [9.17, 15) is 32.5 Å². The Morgan fingerprint density at radius 3 is 2.61 bits per heavy atom. The maximum Gasteiger partial charge on any atom is 0.416 e. The minimum absolute atomic E-state index is 0.0387. The first-order valence-corrected chi connectivity index (χ1v) is 9.53. The first-order chi connectivity index (χ1) is 14.6. The molecule has 9 nitrogen and oxygen atoms in total. The molecule has 1 atom stereocenters. The van der Waals surface area contributed by atoms with Crippen LogP contribution in [-0.2, 0) is 6.18 Å². The lowest BCUT2D eigenvalue weighted by molar-refractivity contribution is -0.383. The molecule has 0 N–H and O–H groups in total. The molecule has 3 heterocycles. The predicted molar refractivity (Wildman–Crippen MR) is 101 cm³/mol. The van der Waals surface area contributed by atoms with Crippen LogP contribution in [0.15, 0.2) is 29.3 Å². The number of halogens is 4. The van der Waals surface area contributed by atoms with Gasteiger partial charge in [0, 0.05) is 19.0 Å². The van der Waals surface area contributed by atoms with Crippen LogP contribution in [0.25, 0.3) is 10.1 Å². The van der Waals surface area contributed by atoms with Crippen LogP contribution in [0.4, 0.5) is 28.4 Å². The van der Waals surface area contributed by atoms with Crippen LogP contribution >= 0.6 is 11.3 Å². The van der Waals surface area contributed by atoms with Gasteiger partial charge >= 0.3 is 12.2 Å². The third kappa shape index (κ3) is 4.23. The number of anilines is 1. The van der Waals surface area contributed by atoms with Gasteiger partial charge in [-0.05, 0) is 6.07 Å². The van der Waals surface area contributed by atoms with Gasteiger partial charge in [0.05, 0.1) is 34.8 Å². The van der Waals surface area contributed by atoms with Gasteiger partial charge in [-0.1, -0.05) is 11.3 Å². The SMILES string of the molecule is O=c1nc(N2CC[C@H](Oc3ncc(F)cn3)C2)sc2c([N+](=O)[O-])cc(C(F)(F)F)cc12. The molecule has 0 saturated carbocycles. The number of alkyl halides is 3. The zero-order valence-corrected chi connectivity index (χ0v) is 16.1. The molecule has 0 spiro atoms. The van der Waals surface area contributed by atoms with Crippen molar-refractivity contribution in [1.82, 2.24) is 15.0 Å². The maximum atomic E-state index is 13.1. The molecular formula is C17H11F4N5O4S. The molecule has 4 rings (SSSR count). The van der Waals surface area contributed by atoms with Gasteiger partial charge in [0.25, 0.3) is 11.2 Å². The number of non-ortho nitro benzene ring substituents is 1. The van der Waals surface area contributed by atoms with Crippen LogP contribution in [0.2, 0.25) is 0 Å². The maximum absolute atomic E-state index is 13.1. The Balaban J connectivity index is 1.66. The summed E-state index contributed by atoms with van der Waals surface area (Å²) in [6, 6.07) is 0.937. The molecule has 1 aromatic carbocycles. The van der Waals surface area contributed by atoms with E-state index in [1.54, 1.807) is 4.90 Å². The Kier molecular flexibility index (Phi) is 5.16. The molecule has 31 heavy (non-hydrogen) atoms. The lowest BCUT2D eigenvalue weighted by atomic mass is 10.1. The van der Waals surface area contributed by atoms with Crippen LogP contribution in [0.1, 0.15) is 12.0 Å². The third-order valence-corrected chi connectivity index (χ3v) is 5.66. The fraction of sp³-hybridized carbons (Fsp3) is 0.294. The number of rotatable bonds is 4. The topological polar surface area (TPSA) is 111 Å². The summed E-state index contributed by atoms with van der Waals surface area (Å²) in [4.78, 5) is 35.7. The zero-order valence-electron chi connectivity index (χ0n) is 15.3. The van der Waals surface area contributed by atoms with Gasteiger partial charge in [-0.25, -0.2) is 14.4 Å². The number of ether oxygens (including phenoxy) is 1. The van der Waals surface area contributed by atoms with Crippen molar-refractivity contribution in [3.63, 3.8) is 0 Å². The lowest BCUT2D eigenvalue weighted by Crippen LogP contribution is -2.26. The molecule has 0 bridgehead atoms. The highest BCUT2D eigenvalue weighted by Crippen LogP contribution is 2.38. The van der Waals surface area contributed by atoms with Gasteiger partial charge in [0.1, 0.15) is 10.8 Å². The summed E-state index contributed by atoms with van der Waals surface area (Å²) in [5, 5.41) is 11.0. The van der Waals surface area contributed by atoms with E-state index in [-0.39, 0.29) is 22.4 Å². The summed E-state index contributed by atoms with van der Waals surface area (Å²) >= 11 is 0.752. The van der Waals surface area contributed by atoms with E-state index in [2.05, 4.69) is 15.0 Å². The summed E-state index contributed by atoms with van der Waals surface area (Å²) in [7, 11) is 0. The van der Waals surface area contributed by atoms with Crippen LogP contribution in [0.3, 0.4) is 0 Å². The standard InChI is InChI=1S/C17H11F4N5O4S/c18-9-5-22-15(23-6-9)30-10-1-2-25(7-10)16-24-14(27)11-3-8(17(19,20)21)4-12(26(28)29)13(11)31-16/h3-6,10H,1-2,7H2/t10-/m0/s1. The predicted octanol–water partition coefficient (Wildman–Crippen LogP) is 3.17. The van der Waals surface area contributed by atoms with Crippen molar-refractivity contribution in [3.8, 4) is 6.01 Å². The number of benzene rings is 1. The third-order valence-electron chi connectivity index (χ3n) is 4.50. The monoisotopic (exact) mass is 457 g/mol. The lowest BCUT2D eigenvalue weighted by Gasteiger charge is -2.17. The number of fused-ring (bicyclic) bond motifs is 1. The van der Waals surface area contributed by atoms with E-state index in [4.69, 9.17) is 4.74 Å². The molecule has 3 aromatic rings. The summed E-state index contributed by atoms with van der Waals surface area (Å²) < 4.78 is 57.4. The highest BCUT2D eigenvalue weighted by atomic mass is 32.1. The molecular weight excluding hydrogens is 446 g/mol. The zero-order chi connectivity index (χ0) is 22.3. The molecule has 0 radical (unpaired) electrons. The van der Waals surface area contributed by atoms with E-state index in [0.717, 1.165) is 23.7 Å². The average molecular weight is 457 g/mol. The van der Waals surface area contributed by atoms with Crippen molar-refractivity contribution < 1.29 is 27.2 Å². The normalized spacial score (nSPS) is 16.6. The fourth-order valence-electron chi connectivity index (χ4n) is 3.08. The van der Waals surface area contributed by atoms with E-state index >= 15 is 0 Å². The molecule has 162 valence electrons. The van der Waals surface area contributed by atoms with Crippen LogP contribution in [-0.4, -0.2) is 39.1 Å². The summed E-state index contributed by atoms with van der Waals surface area (Å²) in [6.07, 6.45) is -2.92. The molecule has 2 aromatic heterocycles. The quantitative estimate of drug-likeness (QED) is 0.334. The van der Waals surface area contributed by atoms with Gasteiger partial charge in [-0.2, -0.15) is 18.2 Å². The van der Waals surface area contributed by atoms with Crippen LogP contribution in [0, 0.1) is 15.9 Å². The number of hydrogen-bond donors (Lipinski definition) is 0. The van der Waals surface area contributed by atoms with Crippen molar-refractivity contribution >= 4 is 32.2 Å². The molecule has 1 fully saturated rings. The van der Waals surface area contributed by atoms with Crippen LogP contribution in [0.5, 0.6) is 6.01 Å². The number of nitro benzene ring substituents is 1. The molecule has 1 aliphatic rings. The van der Waals surface area contributed by atoms with E-state index in [0.29, 0.717) is 25.1 Å². The molecule has 0 aliphatic carbocycles. The Bertz CT molecular complexity index is 1220. The highest BCUT2D eigenvalue weighted by molar-refractivity contribution is 7.22. The van der Waals surface area contributed by atoms with Crippen LogP contribution < -0.4 is 15.2 Å². The Labute approximate surface area is 174 Å². The van der Waals surface area contributed by atoms with Crippen molar-refractivity contribution in [1.29, 1.82) is 0 Å². The minimum Gasteiger partial charge on any atom is -0.458 e. The van der Waals surface area contributed by atoms with Crippen molar-refractivity contribution in [2.75, 3.05) is 18.0 Å². The van der Waals surface area contributed by atoms with Gasteiger partial charge < -0.3 is 9.64 Å². The smallest absolute Gasteiger partial charge is 0.416 e. The highest BCUT2D eigenvalue weighted by Gasteiger charge is 2.35. The second-order valence-electron chi connectivity index (χ2n) is 6.59. The van der Waals surface area contributed by atoms with E-state index in [1.807, 2.05) is 0 Å². The summed E-state index contributed by atoms with van der Waals surface area (Å²) in [5.74, 6) is -0.624. The van der Waals surface area contributed by atoms with Gasteiger partial charge in [-0.3, -0.25) is 14.9 Å². The molecule has 14 heteroatoms. The average Bonchev–Trinajstić information content (AvgIpc) is 3.16. The van der Waals surface area contributed by atoms with E-state index in [1.165, 1.54) is 0 Å². The number of nitrogens with zero attached hydrogens (tertiary/aromatic N) is 5. The van der Waals surface area contributed by atoms with Gasteiger partial charge in [0.2, 0.25) is 0 Å². The Morgan fingerprint density at radius 2 is 1.97 bits per heavy atom. The van der Waals surface area contributed by atoms with Crippen molar-refractivity contribution in [3.05, 3.63) is 56.4 Å². The van der Waals surface area contributed by atoms with Gasteiger partial charge in [0.15, 0.2) is 10.9 Å². The fourth-order valence-corrected chi connectivity index (χ4v) is 4.18. The Morgan fingerprint density at radius 1 is 1.26 bits per heavy atom. The molecule has 1 aliphatic heterocycles. The van der Waals surface area contributed by atoms with E-state index < -0.39 is 45.2 Å². The summed E-state index contributed by atoms with van der Waals surface area (Å²) in [6.45, 7) is 0.596. The van der Waals surface area contributed by atoms with Crippen molar-refractivity contribution in [2.45, 2.75) is 18.7 Å². The molecule has 1 saturated heterocycles. The first-order valence-electron chi connectivity index (χ1n) is 8.71. The second kappa shape index (κ2) is 7.68. The number of aromatic nitrogens is 3. The van der Waals surface area contributed by atoms with Crippen molar-refractivity contribution in [2.24, 2.45) is 0 Å². The second-order valence-corrected chi connectivity index (χ2v) is 7.56. The first kappa shape index (κ1) is 20.8. The molecule has 0 amide bonds.